The Hall–Kier alpha value is -2.35. The van der Waals surface area contributed by atoms with E-state index in [9.17, 15) is 5.11 Å². The van der Waals surface area contributed by atoms with E-state index < -0.39 is 5.60 Å². The first-order valence-corrected chi connectivity index (χ1v) is 13.6. The van der Waals surface area contributed by atoms with Gasteiger partial charge in [0.15, 0.2) is 5.60 Å². The van der Waals surface area contributed by atoms with Gasteiger partial charge in [-0.05, 0) is 76.9 Å². The van der Waals surface area contributed by atoms with Crippen LogP contribution >= 0.6 is 34.8 Å². The quantitative estimate of drug-likeness (QED) is 0.322. The highest BCUT2D eigenvalue weighted by molar-refractivity contribution is 6.68. The average molecular weight is 539 g/mol. The van der Waals surface area contributed by atoms with Crippen molar-refractivity contribution >= 4 is 52.1 Å². The van der Waals surface area contributed by atoms with E-state index in [1.807, 2.05) is 43.5 Å². The lowest BCUT2D eigenvalue weighted by atomic mass is 9.78. The monoisotopic (exact) mass is 537 g/mol. The van der Waals surface area contributed by atoms with E-state index in [4.69, 9.17) is 39.8 Å². The minimum atomic E-state index is -1.58. The molecule has 1 fully saturated rings. The van der Waals surface area contributed by atoms with Gasteiger partial charge < -0.3 is 5.11 Å². The average Bonchev–Trinajstić information content (AvgIpc) is 3.25. The number of fused-ring (bicyclic) bond motifs is 1. The predicted molar refractivity (Wildman–Crippen MR) is 152 cm³/mol. The third-order valence-corrected chi connectivity index (χ3v) is 8.33. The van der Waals surface area contributed by atoms with Gasteiger partial charge in [0, 0.05) is 34.5 Å². The topological polar surface area (TPSA) is 46.7 Å². The highest BCUT2D eigenvalue weighted by Crippen LogP contribution is 2.44. The number of aliphatic hydroxyl groups is 1. The standard InChI is InChI=1S/C30H28Cl3N2O/c1-19-11-12-22(16-25-28(33)26(18-35-29(19)25)20-7-4-2-3-5-8-20)30(36,21-9-6-10-24(31)15-21)23-13-14-27(32)34-17-23/h6,9-16,18,20,29,36H,2-5,7-8H2,1H3/q+1. The molecule has 5 rings (SSSR count). The molecular formula is C30H28Cl3N2O+. The second-order valence-electron chi connectivity index (χ2n) is 9.78. The fourth-order valence-corrected chi connectivity index (χ4v) is 6.10. The molecule has 2 atom stereocenters. The van der Waals surface area contributed by atoms with E-state index in [1.165, 1.54) is 25.7 Å². The Morgan fingerprint density at radius 2 is 1.83 bits per heavy atom. The number of allylic oxidation sites excluding steroid dienone is 4. The highest BCUT2D eigenvalue weighted by Gasteiger charge is 2.41. The molecule has 0 bridgehead atoms. The summed E-state index contributed by atoms with van der Waals surface area (Å²) in [5, 5.41) is 14.0. The van der Waals surface area contributed by atoms with Crippen molar-refractivity contribution in [3.63, 3.8) is 0 Å². The third kappa shape index (κ3) is 4.81. The smallest absolute Gasteiger partial charge is 0.375 e. The fourth-order valence-electron chi connectivity index (χ4n) is 5.44. The largest absolute Gasteiger partial charge is 0.409 e. The van der Waals surface area contributed by atoms with Crippen molar-refractivity contribution in [1.82, 2.24) is 4.67 Å². The van der Waals surface area contributed by atoms with Gasteiger partial charge in [-0.15, -0.1) is 0 Å². The van der Waals surface area contributed by atoms with E-state index in [-0.39, 0.29) is 6.04 Å². The van der Waals surface area contributed by atoms with Crippen molar-refractivity contribution in [2.45, 2.75) is 57.1 Å². The van der Waals surface area contributed by atoms with Gasteiger partial charge in [0.1, 0.15) is 5.57 Å². The molecule has 0 spiro atoms. The van der Waals surface area contributed by atoms with Crippen molar-refractivity contribution in [3.05, 3.63) is 98.1 Å². The van der Waals surface area contributed by atoms with Crippen LogP contribution in [0.15, 0.2) is 92.5 Å². The molecule has 0 radical (unpaired) electrons. The van der Waals surface area contributed by atoms with Crippen LogP contribution in [0.4, 0.5) is 0 Å². The number of nitrogens with zero attached hydrogens (tertiary/aromatic N) is 2. The molecule has 1 aromatic carbocycles. The van der Waals surface area contributed by atoms with E-state index in [0.29, 0.717) is 32.8 Å². The zero-order valence-electron chi connectivity index (χ0n) is 20.1. The summed E-state index contributed by atoms with van der Waals surface area (Å²) in [5.41, 5.74) is 3.19. The zero-order chi connectivity index (χ0) is 25.3. The summed E-state index contributed by atoms with van der Waals surface area (Å²) in [6.07, 6.45) is 18.5. The molecule has 2 unspecified atom stereocenters. The van der Waals surface area contributed by atoms with Crippen LogP contribution < -0.4 is 4.67 Å². The molecule has 0 amide bonds. The molecule has 2 aliphatic heterocycles. The zero-order valence-corrected chi connectivity index (χ0v) is 22.4. The molecule has 184 valence electrons. The van der Waals surface area contributed by atoms with E-state index >= 15 is 0 Å². The lowest BCUT2D eigenvalue weighted by Gasteiger charge is -2.30. The molecule has 6 heteroatoms. The molecule has 1 N–H and O–H groups in total. The molecule has 3 nitrogen and oxygen atoms in total. The number of benzene rings is 1. The maximum Gasteiger partial charge on any atom is 0.409 e. The first kappa shape index (κ1) is 25.3. The summed E-state index contributed by atoms with van der Waals surface area (Å²) in [6, 6.07) is 7.01. The fraction of sp³-hybridized carbons (Fsp3) is 0.333. The van der Waals surface area contributed by atoms with Gasteiger partial charge in [-0.2, -0.15) is 0 Å². The Balaban J connectivity index is 1.68. The number of aliphatic imine (C=N–C) groups is 1. The molecule has 0 aromatic heterocycles. The van der Waals surface area contributed by atoms with Crippen LogP contribution in [0.1, 0.15) is 51.0 Å². The molecule has 1 aromatic rings. The molecule has 36 heavy (non-hydrogen) atoms. The van der Waals surface area contributed by atoms with E-state index in [1.54, 1.807) is 24.3 Å². The lowest BCUT2D eigenvalue weighted by molar-refractivity contribution is 0.126. The Morgan fingerprint density at radius 3 is 2.53 bits per heavy atom. The number of halogens is 3. The molecule has 0 saturated heterocycles. The first-order chi connectivity index (χ1) is 17.4. The Bertz CT molecular complexity index is 1370. The summed E-state index contributed by atoms with van der Waals surface area (Å²) in [7, 11) is 0. The molecular weight excluding hydrogens is 511 g/mol. The van der Waals surface area contributed by atoms with E-state index in [2.05, 4.69) is 10.5 Å². The summed E-state index contributed by atoms with van der Waals surface area (Å²) >= 11 is 19.6. The summed E-state index contributed by atoms with van der Waals surface area (Å²) < 4.78 is 4.13. The van der Waals surface area contributed by atoms with Gasteiger partial charge in [-0.25, -0.2) is 0 Å². The number of dihydropyridines is 1. The SMILES string of the molecule is CC1=CC=C(C(O)(C2=C=[N+]=C(Cl)C=C2)c2cccc(Cl)c2)C=C2C(Cl)=C(C3CCCCCC3)C=NC12. The van der Waals surface area contributed by atoms with Crippen LogP contribution in [0.2, 0.25) is 5.02 Å². The first-order valence-electron chi connectivity index (χ1n) is 12.4. The van der Waals surface area contributed by atoms with Crippen molar-refractivity contribution in [3.8, 4) is 0 Å². The van der Waals surface area contributed by atoms with Gasteiger partial charge in [0.05, 0.1) is 11.1 Å². The molecule has 2 heterocycles. The number of rotatable bonds is 4. The third-order valence-electron chi connectivity index (χ3n) is 7.45. The second-order valence-corrected chi connectivity index (χ2v) is 11.0. The van der Waals surface area contributed by atoms with Gasteiger partial charge in [-0.3, -0.25) is 4.99 Å². The number of hydrogen-bond donors (Lipinski definition) is 1. The summed E-state index contributed by atoms with van der Waals surface area (Å²) in [4.78, 5) is 4.94. The van der Waals surface area contributed by atoms with Gasteiger partial charge in [-0.1, -0.05) is 73.2 Å². The minimum Gasteiger partial charge on any atom is -0.375 e. The Morgan fingerprint density at radius 1 is 1.06 bits per heavy atom. The van der Waals surface area contributed by atoms with Crippen LogP contribution in [0.25, 0.3) is 0 Å². The summed E-state index contributed by atoms with van der Waals surface area (Å²) in [5.74, 6) is 3.34. The normalized spacial score (nSPS) is 24.0. The molecule has 4 aliphatic rings. The van der Waals surface area contributed by atoms with E-state index in [0.717, 1.165) is 34.6 Å². The van der Waals surface area contributed by atoms with Crippen LogP contribution in [0.3, 0.4) is 0 Å². The van der Waals surface area contributed by atoms with Gasteiger partial charge >= 0.3 is 11.0 Å². The Labute approximate surface area is 227 Å². The van der Waals surface area contributed by atoms with Crippen molar-refractivity contribution < 1.29 is 5.11 Å². The maximum atomic E-state index is 12.4. The van der Waals surface area contributed by atoms with Crippen LogP contribution in [-0.2, 0) is 5.60 Å². The highest BCUT2D eigenvalue weighted by atomic mass is 35.5. The summed E-state index contributed by atoms with van der Waals surface area (Å²) in [6.45, 7) is 2.05. The Kier molecular flexibility index (Phi) is 7.42. The van der Waals surface area contributed by atoms with Crippen LogP contribution in [0.5, 0.6) is 0 Å². The molecule has 2 aliphatic carbocycles. The van der Waals surface area contributed by atoms with Crippen LogP contribution in [-0.4, -0.2) is 28.4 Å². The van der Waals surface area contributed by atoms with Crippen LogP contribution in [0, 0.1) is 5.92 Å². The lowest BCUT2D eigenvalue weighted by Crippen LogP contribution is -2.31. The van der Waals surface area contributed by atoms with Gasteiger partial charge in [0.2, 0.25) is 0 Å². The molecule has 1 saturated carbocycles. The second kappa shape index (κ2) is 10.6. The predicted octanol–water partition coefficient (Wildman–Crippen LogP) is 7.13. The maximum absolute atomic E-state index is 12.4. The van der Waals surface area contributed by atoms with Crippen molar-refractivity contribution in [2.75, 3.05) is 0 Å². The van der Waals surface area contributed by atoms with Crippen molar-refractivity contribution in [1.29, 1.82) is 0 Å². The number of hydrogen-bond acceptors (Lipinski definition) is 2. The van der Waals surface area contributed by atoms with Crippen molar-refractivity contribution in [2.24, 2.45) is 10.9 Å². The van der Waals surface area contributed by atoms with Gasteiger partial charge in [0.25, 0.3) is 0 Å². The minimum absolute atomic E-state index is 0.197.